The van der Waals surface area contributed by atoms with Gasteiger partial charge in [0.05, 0.1) is 19.3 Å². The minimum absolute atomic E-state index is 0.0695. The molecule has 0 bridgehead atoms. The minimum Gasteiger partial charge on any atom is -0.377 e. The summed E-state index contributed by atoms with van der Waals surface area (Å²) in [4.78, 5) is 4.08. The fourth-order valence-electron chi connectivity index (χ4n) is 3.50. The molecule has 2 saturated heterocycles. The second-order valence-corrected chi connectivity index (χ2v) is 8.88. The quantitative estimate of drug-likeness (QED) is 0.758. The molecule has 0 spiro atoms. The molecular formula is C16H25N3O4S. The molecular weight excluding hydrogens is 330 g/mol. The molecule has 2 atom stereocenters. The van der Waals surface area contributed by atoms with Crippen LogP contribution in [0, 0.1) is 5.41 Å². The van der Waals surface area contributed by atoms with E-state index in [9.17, 15) is 8.42 Å². The first-order chi connectivity index (χ1) is 11.4. The maximum atomic E-state index is 12.5. The summed E-state index contributed by atoms with van der Waals surface area (Å²) >= 11 is 0. The van der Waals surface area contributed by atoms with E-state index in [2.05, 4.69) is 4.98 Å². The molecule has 8 heteroatoms. The SMILES string of the molecule is CN(C)S(=O)(=O)N1CC[C@H]2OCC[C@@]2(COCc2cccnc2)C1. The molecule has 3 heterocycles. The van der Waals surface area contributed by atoms with Crippen LogP contribution in [-0.2, 0) is 26.3 Å². The van der Waals surface area contributed by atoms with E-state index < -0.39 is 10.2 Å². The number of hydrogen-bond acceptors (Lipinski definition) is 5. The maximum Gasteiger partial charge on any atom is 0.281 e. The van der Waals surface area contributed by atoms with Crippen LogP contribution in [0.1, 0.15) is 18.4 Å². The van der Waals surface area contributed by atoms with Crippen LogP contribution >= 0.6 is 0 Å². The highest BCUT2D eigenvalue weighted by Crippen LogP contribution is 2.42. The summed E-state index contributed by atoms with van der Waals surface area (Å²) in [5.74, 6) is 0. The molecule has 0 unspecified atom stereocenters. The van der Waals surface area contributed by atoms with Crippen molar-refractivity contribution in [1.29, 1.82) is 0 Å². The van der Waals surface area contributed by atoms with Gasteiger partial charge in [-0.25, -0.2) is 0 Å². The van der Waals surface area contributed by atoms with Crippen molar-refractivity contribution in [3.05, 3.63) is 30.1 Å². The van der Waals surface area contributed by atoms with Gasteiger partial charge in [0.2, 0.25) is 0 Å². The first kappa shape index (κ1) is 17.8. The monoisotopic (exact) mass is 355 g/mol. The average molecular weight is 355 g/mol. The van der Waals surface area contributed by atoms with E-state index in [1.54, 1.807) is 30.8 Å². The van der Waals surface area contributed by atoms with Crippen molar-refractivity contribution in [2.75, 3.05) is 40.4 Å². The Labute approximate surface area is 143 Å². The Morgan fingerprint density at radius 1 is 1.50 bits per heavy atom. The molecule has 7 nitrogen and oxygen atoms in total. The van der Waals surface area contributed by atoms with Crippen LogP contribution in [-0.4, -0.2) is 68.5 Å². The van der Waals surface area contributed by atoms with Crippen molar-refractivity contribution in [1.82, 2.24) is 13.6 Å². The van der Waals surface area contributed by atoms with Crippen LogP contribution in [0.3, 0.4) is 0 Å². The van der Waals surface area contributed by atoms with E-state index in [1.807, 2.05) is 12.1 Å². The summed E-state index contributed by atoms with van der Waals surface area (Å²) in [6, 6.07) is 3.85. The van der Waals surface area contributed by atoms with Crippen LogP contribution in [0.2, 0.25) is 0 Å². The van der Waals surface area contributed by atoms with Gasteiger partial charge >= 0.3 is 0 Å². The van der Waals surface area contributed by atoms with Crippen LogP contribution in [0.5, 0.6) is 0 Å². The lowest BCUT2D eigenvalue weighted by molar-refractivity contribution is -0.0518. The van der Waals surface area contributed by atoms with Gasteiger partial charge in [-0.1, -0.05) is 6.07 Å². The second-order valence-electron chi connectivity index (χ2n) is 6.74. The molecule has 2 aliphatic rings. The third-order valence-electron chi connectivity index (χ3n) is 4.90. The maximum absolute atomic E-state index is 12.5. The van der Waals surface area contributed by atoms with Crippen molar-refractivity contribution in [3.63, 3.8) is 0 Å². The lowest BCUT2D eigenvalue weighted by atomic mass is 9.78. The Balaban J connectivity index is 1.68. The number of hydrogen-bond donors (Lipinski definition) is 0. The van der Waals surface area contributed by atoms with E-state index in [1.165, 1.54) is 4.31 Å². The third kappa shape index (κ3) is 3.48. The van der Waals surface area contributed by atoms with Crippen molar-refractivity contribution in [2.24, 2.45) is 5.41 Å². The van der Waals surface area contributed by atoms with Crippen LogP contribution in [0.15, 0.2) is 24.5 Å². The zero-order valence-corrected chi connectivity index (χ0v) is 15.0. The van der Waals surface area contributed by atoms with Gasteiger partial charge in [-0.05, 0) is 24.5 Å². The van der Waals surface area contributed by atoms with E-state index >= 15 is 0 Å². The summed E-state index contributed by atoms with van der Waals surface area (Å²) in [5, 5.41) is 0. The summed E-state index contributed by atoms with van der Waals surface area (Å²) in [6.45, 7) is 2.58. The predicted octanol–water partition coefficient (Wildman–Crippen LogP) is 0.886. The number of piperidine rings is 1. The normalized spacial score (nSPS) is 28.2. The van der Waals surface area contributed by atoms with E-state index in [0.717, 1.165) is 12.0 Å². The molecule has 1 aromatic heterocycles. The zero-order chi connectivity index (χ0) is 17.2. The Morgan fingerprint density at radius 3 is 3.04 bits per heavy atom. The largest absolute Gasteiger partial charge is 0.377 e. The Kier molecular flexibility index (Phi) is 5.22. The molecule has 2 aliphatic heterocycles. The van der Waals surface area contributed by atoms with Crippen molar-refractivity contribution in [2.45, 2.75) is 25.6 Å². The van der Waals surface area contributed by atoms with E-state index in [4.69, 9.17) is 9.47 Å². The van der Waals surface area contributed by atoms with Gasteiger partial charge in [0.1, 0.15) is 0 Å². The summed E-state index contributed by atoms with van der Waals surface area (Å²) < 4.78 is 39.6. The smallest absolute Gasteiger partial charge is 0.281 e. The summed E-state index contributed by atoms with van der Waals surface area (Å²) in [7, 11) is -0.273. The van der Waals surface area contributed by atoms with E-state index in [0.29, 0.717) is 39.3 Å². The molecule has 0 N–H and O–H groups in total. The summed E-state index contributed by atoms with van der Waals surface area (Å²) in [6.07, 6.45) is 5.12. The number of nitrogens with zero attached hydrogens (tertiary/aromatic N) is 3. The van der Waals surface area contributed by atoms with Gasteiger partial charge in [0.25, 0.3) is 10.2 Å². The van der Waals surface area contributed by atoms with Gasteiger partial charge in [-0.2, -0.15) is 17.0 Å². The highest BCUT2D eigenvalue weighted by atomic mass is 32.2. The van der Waals surface area contributed by atoms with Gasteiger partial charge in [0.15, 0.2) is 0 Å². The molecule has 24 heavy (non-hydrogen) atoms. The van der Waals surface area contributed by atoms with Gasteiger partial charge in [-0.15, -0.1) is 0 Å². The molecule has 0 radical (unpaired) electrons. The Hall–Kier alpha value is -1.06. The highest BCUT2D eigenvalue weighted by molar-refractivity contribution is 7.86. The van der Waals surface area contributed by atoms with Crippen LogP contribution in [0.4, 0.5) is 0 Å². The molecule has 134 valence electrons. The zero-order valence-electron chi connectivity index (χ0n) is 14.2. The molecule has 2 fully saturated rings. The molecule has 3 rings (SSSR count). The van der Waals surface area contributed by atoms with Crippen molar-refractivity contribution in [3.8, 4) is 0 Å². The topological polar surface area (TPSA) is 72.0 Å². The lowest BCUT2D eigenvalue weighted by Crippen LogP contribution is -2.55. The number of rotatable bonds is 6. The fraction of sp³-hybridized carbons (Fsp3) is 0.688. The number of fused-ring (bicyclic) bond motifs is 1. The van der Waals surface area contributed by atoms with Crippen LogP contribution in [0.25, 0.3) is 0 Å². The first-order valence-electron chi connectivity index (χ1n) is 8.20. The number of aromatic nitrogens is 1. The van der Waals surface area contributed by atoms with Gasteiger partial charge < -0.3 is 9.47 Å². The van der Waals surface area contributed by atoms with Crippen LogP contribution < -0.4 is 0 Å². The van der Waals surface area contributed by atoms with Gasteiger partial charge in [0, 0.05) is 51.6 Å². The fourth-order valence-corrected chi connectivity index (χ4v) is 4.72. The third-order valence-corrected chi connectivity index (χ3v) is 6.79. The molecule has 0 aliphatic carbocycles. The molecule has 0 saturated carbocycles. The van der Waals surface area contributed by atoms with Crippen molar-refractivity contribution >= 4 is 10.2 Å². The van der Waals surface area contributed by atoms with Crippen molar-refractivity contribution < 1.29 is 17.9 Å². The second kappa shape index (κ2) is 7.05. The highest BCUT2D eigenvalue weighted by Gasteiger charge is 2.50. The lowest BCUT2D eigenvalue weighted by Gasteiger charge is -2.43. The van der Waals surface area contributed by atoms with E-state index in [-0.39, 0.29) is 11.5 Å². The average Bonchev–Trinajstić information content (AvgIpc) is 2.98. The molecule has 0 aromatic carbocycles. The minimum atomic E-state index is -3.41. The number of pyridine rings is 1. The molecule has 0 amide bonds. The Bertz CT molecular complexity index is 653. The molecule has 1 aromatic rings. The number of ether oxygens (including phenoxy) is 2. The summed E-state index contributed by atoms with van der Waals surface area (Å²) in [5.41, 5.74) is 0.752. The first-order valence-corrected chi connectivity index (χ1v) is 9.60. The Morgan fingerprint density at radius 2 is 2.33 bits per heavy atom. The van der Waals surface area contributed by atoms with Gasteiger partial charge in [-0.3, -0.25) is 4.98 Å². The predicted molar refractivity (Wildman–Crippen MR) is 89.5 cm³/mol. The standard InChI is InChI=1S/C16H25N3O4S/c1-18(2)24(20,21)19-8-5-15-16(12-19,6-9-23-15)13-22-11-14-4-3-7-17-10-14/h3-4,7,10,15H,5-6,8-9,11-13H2,1-2H3/t15-,16+/m1/s1.